The second kappa shape index (κ2) is 5.69. The molecule has 0 spiro atoms. The molecule has 2 rings (SSSR count). The molecule has 4 heteroatoms. The Kier molecular flexibility index (Phi) is 3.99. The van der Waals surface area contributed by atoms with Crippen molar-refractivity contribution in [1.82, 2.24) is 5.16 Å². The molecular weight excluding hydrogens is 228 g/mol. The Bertz CT molecular complexity index is 503. The van der Waals surface area contributed by atoms with E-state index in [1.807, 2.05) is 31.2 Å². The third-order valence-electron chi connectivity index (χ3n) is 2.81. The van der Waals surface area contributed by atoms with Gasteiger partial charge in [0, 0.05) is 13.0 Å². The van der Waals surface area contributed by atoms with E-state index < -0.39 is 0 Å². The van der Waals surface area contributed by atoms with Gasteiger partial charge in [-0.05, 0) is 19.4 Å². The number of ether oxygens (including phenoxy) is 1. The average Bonchev–Trinajstić information content (AvgIpc) is 2.72. The van der Waals surface area contributed by atoms with Crippen molar-refractivity contribution < 1.29 is 9.26 Å². The van der Waals surface area contributed by atoms with E-state index >= 15 is 0 Å². The molecule has 0 aliphatic rings. The fraction of sp³-hybridized carbons (Fsp3) is 0.357. The first kappa shape index (κ1) is 12.6. The van der Waals surface area contributed by atoms with Gasteiger partial charge in [-0.25, -0.2) is 0 Å². The molecule has 2 N–H and O–H groups in total. The molecule has 1 aromatic heterocycles. The summed E-state index contributed by atoms with van der Waals surface area (Å²) >= 11 is 0. The average molecular weight is 246 g/mol. The van der Waals surface area contributed by atoms with Crippen LogP contribution in [0.4, 0.5) is 5.82 Å². The van der Waals surface area contributed by atoms with Crippen molar-refractivity contribution >= 4 is 5.82 Å². The summed E-state index contributed by atoms with van der Waals surface area (Å²) in [6.07, 6.45) is 0.682. The number of nitrogen functional groups attached to an aromatic ring is 1. The third kappa shape index (κ3) is 2.71. The van der Waals surface area contributed by atoms with Crippen LogP contribution in [0.3, 0.4) is 0 Å². The van der Waals surface area contributed by atoms with Gasteiger partial charge in [-0.1, -0.05) is 35.0 Å². The number of aryl methyl sites for hydroxylation is 1. The van der Waals surface area contributed by atoms with Crippen LogP contribution in [-0.2, 0) is 11.2 Å². The lowest BCUT2D eigenvalue weighted by Gasteiger charge is -2.03. The van der Waals surface area contributed by atoms with E-state index in [0.29, 0.717) is 25.5 Å². The zero-order chi connectivity index (χ0) is 13.0. The van der Waals surface area contributed by atoms with Crippen LogP contribution in [0.25, 0.3) is 11.1 Å². The topological polar surface area (TPSA) is 61.3 Å². The van der Waals surface area contributed by atoms with Gasteiger partial charge in [0.1, 0.15) is 5.76 Å². The summed E-state index contributed by atoms with van der Waals surface area (Å²) < 4.78 is 10.6. The van der Waals surface area contributed by atoms with E-state index in [1.165, 1.54) is 5.56 Å². The van der Waals surface area contributed by atoms with Crippen LogP contribution >= 0.6 is 0 Å². The van der Waals surface area contributed by atoms with E-state index in [-0.39, 0.29) is 0 Å². The molecule has 2 aromatic rings. The van der Waals surface area contributed by atoms with Gasteiger partial charge in [-0.15, -0.1) is 0 Å². The molecule has 0 radical (unpaired) electrons. The number of aromatic nitrogens is 1. The van der Waals surface area contributed by atoms with Gasteiger partial charge < -0.3 is 15.0 Å². The molecule has 1 aromatic carbocycles. The summed E-state index contributed by atoms with van der Waals surface area (Å²) in [7, 11) is 0. The van der Waals surface area contributed by atoms with Crippen LogP contribution in [0.15, 0.2) is 28.8 Å². The lowest BCUT2D eigenvalue weighted by Crippen LogP contribution is -1.98. The molecule has 0 atom stereocenters. The highest BCUT2D eigenvalue weighted by Crippen LogP contribution is 2.30. The summed E-state index contributed by atoms with van der Waals surface area (Å²) in [5, 5.41) is 3.84. The van der Waals surface area contributed by atoms with Crippen LogP contribution in [0.5, 0.6) is 0 Å². The molecule has 0 unspecified atom stereocenters. The number of nitrogens with zero attached hydrogens (tertiary/aromatic N) is 1. The van der Waals surface area contributed by atoms with Crippen molar-refractivity contribution in [3.05, 3.63) is 35.6 Å². The van der Waals surface area contributed by atoms with Gasteiger partial charge in [-0.3, -0.25) is 0 Å². The molecule has 0 saturated carbocycles. The highest BCUT2D eigenvalue weighted by Gasteiger charge is 2.15. The quantitative estimate of drug-likeness (QED) is 0.824. The fourth-order valence-electron chi connectivity index (χ4n) is 1.85. The number of hydrogen-bond acceptors (Lipinski definition) is 4. The molecule has 96 valence electrons. The van der Waals surface area contributed by atoms with Crippen molar-refractivity contribution in [2.24, 2.45) is 0 Å². The van der Waals surface area contributed by atoms with E-state index in [1.54, 1.807) is 0 Å². The van der Waals surface area contributed by atoms with Gasteiger partial charge >= 0.3 is 0 Å². The minimum absolute atomic E-state index is 0.436. The third-order valence-corrected chi connectivity index (χ3v) is 2.81. The van der Waals surface area contributed by atoms with Crippen molar-refractivity contribution in [1.29, 1.82) is 0 Å². The summed E-state index contributed by atoms with van der Waals surface area (Å²) in [6.45, 7) is 5.33. The second-order valence-corrected chi connectivity index (χ2v) is 4.18. The van der Waals surface area contributed by atoms with Crippen LogP contribution in [0.2, 0.25) is 0 Å². The van der Waals surface area contributed by atoms with E-state index in [9.17, 15) is 0 Å². The molecule has 0 amide bonds. The number of hydrogen-bond donors (Lipinski definition) is 1. The Hall–Kier alpha value is -1.81. The van der Waals surface area contributed by atoms with Gasteiger partial charge in [0.25, 0.3) is 0 Å². The van der Waals surface area contributed by atoms with Crippen LogP contribution in [0, 0.1) is 6.92 Å². The number of anilines is 1. The molecule has 0 aliphatic heterocycles. The maximum absolute atomic E-state index is 5.87. The first-order chi connectivity index (χ1) is 8.72. The minimum Gasteiger partial charge on any atom is -0.381 e. The normalized spacial score (nSPS) is 10.8. The monoisotopic (exact) mass is 246 g/mol. The Morgan fingerprint density at radius 3 is 2.67 bits per heavy atom. The number of rotatable bonds is 5. The van der Waals surface area contributed by atoms with Crippen molar-refractivity contribution in [2.75, 3.05) is 18.9 Å². The van der Waals surface area contributed by atoms with Gasteiger partial charge in [0.05, 0.1) is 12.2 Å². The summed E-state index contributed by atoms with van der Waals surface area (Å²) in [5.41, 5.74) is 9.00. The van der Waals surface area contributed by atoms with Crippen molar-refractivity contribution in [3.63, 3.8) is 0 Å². The largest absolute Gasteiger partial charge is 0.381 e. The van der Waals surface area contributed by atoms with Gasteiger partial charge in [0.2, 0.25) is 0 Å². The Balaban J connectivity index is 2.25. The summed E-state index contributed by atoms with van der Waals surface area (Å²) in [6, 6.07) is 8.16. The van der Waals surface area contributed by atoms with Crippen LogP contribution < -0.4 is 5.73 Å². The molecule has 0 fully saturated rings. The Morgan fingerprint density at radius 2 is 2.00 bits per heavy atom. The maximum atomic E-state index is 5.87. The second-order valence-electron chi connectivity index (χ2n) is 4.18. The number of nitrogens with two attached hydrogens (primary N) is 1. The fourth-order valence-corrected chi connectivity index (χ4v) is 1.85. The molecule has 0 bridgehead atoms. The van der Waals surface area contributed by atoms with E-state index in [2.05, 4.69) is 12.1 Å². The van der Waals surface area contributed by atoms with Gasteiger partial charge in [0.15, 0.2) is 5.82 Å². The van der Waals surface area contributed by atoms with E-state index in [0.717, 1.165) is 16.9 Å². The van der Waals surface area contributed by atoms with Crippen molar-refractivity contribution in [2.45, 2.75) is 20.3 Å². The SMILES string of the molecule is CCOCCc1onc(N)c1-c1ccc(C)cc1. The molecule has 0 saturated heterocycles. The van der Waals surface area contributed by atoms with Crippen LogP contribution in [-0.4, -0.2) is 18.4 Å². The maximum Gasteiger partial charge on any atom is 0.175 e. The summed E-state index contributed by atoms with van der Waals surface area (Å²) in [5.74, 6) is 1.22. The molecular formula is C14H18N2O2. The lowest BCUT2D eigenvalue weighted by molar-refractivity contribution is 0.145. The smallest absolute Gasteiger partial charge is 0.175 e. The molecule has 4 nitrogen and oxygen atoms in total. The Morgan fingerprint density at radius 1 is 1.28 bits per heavy atom. The summed E-state index contributed by atoms with van der Waals surface area (Å²) in [4.78, 5) is 0. The predicted molar refractivity (Wildman–Crippen MR) is 71.3 cm³/mol. The molecule has 1 heterocycles. The first-order valence-corrected chi connectivity index (χ1v) is 6.11. The molecule has 0 aliphatic carbocycles. The minimum atomic E-state index is 0.436. The highest BCUT2D eigenvalue weighted by molar-refractivity contribution is 5.75. The van der Waals surface area contributed by atoms with Crippen LogP contribution in [0.1, 0.15) is 18.2 Å². The number of benzene rings is 1. The van der Waals surface area contributed by atoms with Crippen molar-refractivity contribution in [3.8, 4) is 11.1 Å². The zero-order valence-electron chi connectivity index (χ0n) is 10.8. The molecule has 18 heavy (non-hydrogen) atoms. The highest BCUT2D eigenvalue weighted by atomic mass is 16.5. The standard InChI is InChI=1S/C14H18N2O2/c1-3-17-9-8-12-13(14(15)16-18-12)11-6-4-10(2)5-7-11/h4-7H,3,8-9H2,1-2H3,(H2,15,16). The predicted octanol–water partition coefficient (Wildman–Crippen LogP) is 2.81. The lowest BCUT2D eigenvalue weighted by atomic mass is 10.0. The van der Waals surface area contributed by atoms with E-state index in [4.69, 9.17) is 15.0 Å². The van der Waals surface area contributed by atoms with Gasteiger partial charge in [-0.2, -0.15) is 0 Å². The Labute approximate surface area is 107 Å². The zero-order valence-corrected chi connectivity index (χ0v) is 10.8. The first-order valence-electron chi connectivity index (χ1n) is 6.11.